The number of hydrazone groups is 1. The van der Waals surface area contributed by atoms with Crippen molar-refractivity contribution >= 4 is 40.2 Å². The minimum absolute atomic E-state index is 0.0572. The van der Waals surface area contributed by atoms with Crippen molar-refractivity contribution < 1.29 is 27.5 Å². The predicted octanol–water partition coefficient (Wildman–Crippen LogP) is 5.60. The molecule has 1 aromatic carbocycles. The minimum atomic E-state index is -4.50. The highest BCUT2D eigenvalue weighted by molar-refractivity contribution is 7.12. The Kier molecular flexibility index (Phi) is 7.91. The molecule has 2 aromatic heterocycles. The molecule has 1 aliphatic rings. The number of alkyl halides is 3. The standard InChI is InChI=1S/C25H24F3N3O3S2/c1-16-9-13-36-23(16)20-14-19(21-4-3-12-35-21)29-31(20)22(32)15-30(10-11-34-2)24(33)17-5-7-18(8-6-17)25(26,27)28/h3-9,12-13,20H,10-11,14-15H2,1-2H3/t20-/m1/s1. The number of nitrogens with zero attached hydrogens (tertiary/aromatic N) is 3. The SMILES string of the molecule is COCCN(CC(=O)N1N=C(c2cccs2)C[C@@H]1c1sccc1C)C(=O)c1ccc(C(F)(F)F)cc1. The molecule has 2 amide bonds. The summed E-state index contributed by atoms with van der Waals surface area (Å²) in [7, 11) is 1.47. The van der Waals surface area contributed by atoms with Crippen molar-refractivity contribution in [2.45, 2.75) is 25.6 Å². The van der Waals surface area contributed by atoms with Crippen LogP contribution in [0.1, 0.15) is 43.7 Å². The molecule has 1 aliphatic heterocycles. The fourth-order valence-corrected chi connectivity index (χ4v) is 5.67. The Morgan fingerprint density at radius 1 is 1.14 bits per heavy atom. The predicted molar refractivity (Wildman–Crippen MR) is 133 cm³/mol. The first-order valence-electron chi connectivity index (χ1n) is 11.1. The highest BCUT2D eigenvalue weighted by atomic mass is 32.1. The number of methoxy groups -OCH3 is 1. The number of amides is 2. The topological polar surface area (TPSA) is 62.2 Å². The molecule has 190 valence electrons. The number of halogens is 3. The molecule has 1 atom stereocenters. The van der Waals surface area contributed by atoms with E-state index in [0.717, 1.165) is 45.3 Å². The van der Waals surface area contributed by atoms with Gasteiger partial charge in [0.25, 0.3) is 11.8 Å². The van der Waals surface area contributed by atoms with Crippen LogP contribution in [0.15, 0.2) is 58.3 Å². The third-order valence-electron chi connectivity index (χ3n) is 5.81. The van der Waals surface area contributed by atoms with E-state index in [-0.39, 0.29) is 37.2 Å². The smallest absolute Gasteiger partial charge is 0.383 e. The van der Waals surface area contributed by atoms with Gasteiger partial charge in [0.05, 0.1) is 28.8 Å². The van der Waals surface area contributed by atoms with E-state index in [1.54, 1.807) is 22.7 Å². The summed E-state index contributed by atoms with van der Waals surface area (Å²) >= 11 is 3.09. The van der Waals surface area contributed by atoms with Crippen molar-refractivity contribution in [1.82, 2.24) is 9.91 Å². The molecule has 0 saturated carbocycles. The van der Waals surface area contributed by atoms with Crippen LogP contribution in [-0.4, -0.2) is 54.2 Å². The van der Waals surface area contributed by atoms with Gasteiger partial charge in [0.1, 0.15) is 6.54 Å². The van der Waals surface area contributed by atoms with Crippen molar-refractivity contribution in [3.8, 4) is 0 Å². The number of carbonyl (C=O) groups excluding carboxylic acids is 2. The van der Waals surface area contributed by atoms with Crippen molar-refractivity contribution in [2.24, 2.45) is 5.10 Å². The van der Waals surface area contributed by atoms with Crippen molar-refractivity contribution in [2.75, 3.05) is 26.8 Å². The van der Waals surface area contributed by atoms with Gasteiger partial charge < -0.3 is 9.64 Å². The van der Waals surface area contributed by atoms with Gasteiger partial charge in [-0.05, 0) is 59.6 Å². The monoisotopic (exact) mass is 535 g/mol. The maximum atomic E-state index is 13.5. The van der Waals surface area contributed by atoms with Crippen LogP contribution < -0.4 is 0 Å². The van der Waals surface area contributed by atoms with Crippen LogP contribution in [0.4, 0.5) is 13.2 Å². The quantitative estimate of drug-likeness (QED) is 0.377. The summed E-state index contributed by atoms with van der Waals surface area (Å²) in [6, 6.07) is 9.54. The molecule has 11 heteroatoms. The number of aryl methyl sites for hydroxylation is 1. The van der Waals surface area contributed by atoms with E-state index in [1.165, 1.54) is 17.0 Å². The highest BCUT2D eigenvalue weighted by Crippen LogP contribution is 2.38. The van der Waals surface area contributed by atoms with Crippen LogP contribution in [0.2, 0.25) is 0 Å². The molecule has 0 bridgehead atoms. The minimum Gasteiger partial charge on any atom is -0.383 e. The van der Waals surface area contributed by atoms with Gasteiger partial charge in [-0.1, -0.05) is 6.07 Å². The van der Waals surface area contributed by atoms with E-state index in [0.29, 0.717) is 6.42 Å². The maximum absolute atomic E-state index is 13.5. The molecule has 0 radical (unpaired) electrons. The summed E-state index contributed by atoms with van der Waals surface area (Å²) in [6.07, 6.45) is -3.95. The summed E-state index contributed by atoms with van der Waals surface area (Å²) in [6.45, 7) is 1.96. The largest absolute Gasteiger partial charge is 0.416 e. The lowest BCUT2D eigenvalue weighted by Crippen LogP contribution is -2.42. The summed E-state index contributed by atoms with van der Waals surface area (Å²) in [5.74, 6) is -0.935. The summed E-state index contributed by atoms with van der Waals surface area (Å²) < 4.78 is 43.9. The van der Waals surface area contributed by atoms with Gasteiger partial charge >= 0.3 is 6.18 Å². The summed E-state index contributed by atoms with van der Waals surface area (Å²) in [5.41, 5.74) is 1.07. The molecule has 3 aromatic rings. The average molecular weight is 536 g/mol. The van der Waals surface area contributed by atoms with Crippen LogP contribution in [0.5, 0.6) is 0 Å². The second kappa shape index (κ2) is 10.9. The molecule has 4 rings (SSSR count). The van der Waals surface area contributed by atoms with E-state index in [1.807, 2.05) is 35.9 Å². The van der Waals surface area contributed by atoms with Gasteiger partial charge in [-0.3, -0.25) is 9.59 Å². The number of rotatable bonds is 8. The van der Waals surface area contributed by atoms with E-state index >= 15 is 0 Å². The van der Waals surface area contributed by atoms with Gasteiger partial charge in [-0.2, -0.15) is 18.3 Å². The second-order valence-electron chi connectivity index (χ2n) is 8.24. The molecular weight excluding hydrogens is 511 g/mol. The van der Waals surface area contributed by atoms with Gasteiger partial charge in [-0.15, -0.1) is 22.7 Å². The number of hydrogen-bond acceptors (Lipinski definition) is 6. The second-order valence-corrected chi connectivity index (χ2v) is 10.1. The molecule has 36 heavy (non-hydrogen) atoms. The Bertz CT molecular complexity index is 1240. The number of carbonyl (C=O) groups is 2. The zero-order valence-electron chi connectivity index (χ0n) is 19.6. The number of ether oxygens (including phenoxy) is 1. The third kappa shape index (κ3) is 5.69. The van der Waals surface area contributed by atoms with E-state index in [4.69, 9.17) is 4.74 Å². The lowest BCUT2D eigenvalue weighted by Gasteiger charge is -2.27. The van der Waals surface area contributed by atoms with Crippen LogP contribution in [0.3, 0.4) is 0 Å². The fourth-order valence-electron chi connectivity index (χ4n) is 3.94. The lowest BCUT2D eigenvalue weighted by molar-refractivity contribution is -0.137. The first-order chi connectivity index (χ1) is 17.2. The normalized spacial score (nSPS) is 15.8. The molecule has 3 heterocycles. The van der Waals surface area contributed by atoms with E-state index < -0.39 is 17.6 Å². The Morgan fingerprint density at radius 2 is 1.89 bits per heavy atom. The zero-order chi connectivity index (χ0) is 25.9. The van der Waals surface area contributed by atoms with Gasteiger partial charge in [0, 0.05) is 30.5 Å². The van der Waals surface area contributed by atoms with Crippen LogP contribution in [0.25, 0.3) is 0 Å². The van der Waals surface area contributed by atoms with Gasteiger partial charge in [0.2, 0.25) is 0 Å². The van der Waals surface area contributed by atoms with Gasteiger partial charge in [-0.25, -0.2) is 5.01 Å². The van der Waals surface area contributed by atoms with Crippen LogP contribution >= 0.6 is 22.7 Å². The van der Waals surface area contributed by atoms with Crippen molar-refractivity contribution in [1.29, 1.82) is 0 Å². The number of hydrogen-bond donors (Lipinski definition) is 0. The summed E-state index contributed by atoms with van der Waals surface area (Å²) in [5, 5.41) is 9.99. The van der Waals surface area contributed by atoms with Crippen LogP contribution in [0, 0.1) is 6.92 Å². The molecule has 0 spiro atoms. The van der Waals surface area contributed by atoms with E-state index in [2.05, 4.69) is 5.10 Å². The van der Waals surface area contributed by atoms with Crippen molar-refractivity contribution in [3.63, 3.8) is 0 Å². The Morgan fingerprint density at radius 3 is 2.47 bits per heavy atom. The number of benzene rings is 1. The maximum Gasteiger partial charge on any atom is 0.416 e. The van der Waals surface area contributed by atoms with E-state index in [9.17, 15) is 22.8 Å². The molecule has 0 saturated heterocycles. The average Bonchev–Trinajstić information content (AvgIpc) is 3.61. The first kappa shape index (κ1) is 26.1. The third-order valence-corrected chi connectivity index (χ3v) is 7.85. The zero-order valence-corrected chi connectivity index (χ0v) is 21.3. The summed E-state index contributed by atoms with van der Waals surface area (Å²) in [4.78, 5) is 30.0. The Labute approximate surface area is 214 Å². The number of thiophene rings is 2. The molecule has 0 N–H and O–H groups in total. The Hall–Kier alpha value is -3.02. The highest BCUT2D eigenvalue weighted by Gasteiger charge is 2.36. The Balaban J connectivity index is 1.58. The molecule has 0 fully saturated rings. The van der Waals surface area contributed by atoms with Gasteiger partial charge in [0.15, 0.2) is 0 Å². The first-order valence-corrected chi connectivity index (χ1v) is 12.9. The molecule has 0 unspecified atom stereocenters. The lowest BCUT2D eigenvalue weighted by atomic mass is 10.1. The van der Waals surface area contributed by atoms with Crippen LogP contribution in [-0.2, 0) is 15.7 Å². The van der Waals surface area contributed by atoms with Crippen molar-refractivity contribution in [3.05, 3.63) is 79.7 Å². The molecular formula is C25H24F3N3O3S2. The molecule has 6 nitrogen and oxygen atoms in total. The fraction of sp³-hybridized carbons (Fsp3) is 0.320. The molecule has 0 aliphatic carbocycles.